The van der Waals surface area contributed by atoms with E-state index in [0.717, 1.165) is 177 Å². The molecule has 14 heterocycles. The summed E-state index contributed by atoms with van der Waals surface area (Å²) < 4.78 is 54.4. The number of nitrogens with zero attached hydrogens (tertiary/aromatic N) is 14. The Morgan fingerprint density at radius 3 is 1.32 bits per heavy atom. The van der Waals surface area contributed by atoms with Gasteiger partial charge in [0, 0.05) is 146 Å². The van der Waals surface area contributed by atoms with Crippen molar-refractivity contribution in [1.29, 1.82) is 0 Å². The van der Waals surface area contributed by atoms with Crippen molar-refractivity contribution in [1.82, 2.24) is 93.2 Å². The van der Waals surface area contributed by atoms with E-state index in [1.807, 2.05) is 116 Å². The van der Waals surface area contributed by atoms with Crippen LogP contribution in [0.15, 0.2) is 237 Å². The molecule has 111 heavy (non-hydrogen) atoms. The summed E-state index contributed by atoms with van der Waals surface area (Å²) in [5.74, 6) is 1.88. The van der Waals surface area contributed by atoms with Crippen LogP contribution in [0.25, 0.3) is 134 Å². The number of imidazole rings is 5. The van der Waals surface area contributed by atoms with Crippen molar-refractivity contribution in [2.75, 3.05) is 0 Å². The van der Waals surface area contributed by atoms with Crippen molar-refractivity contribution in [3.63, 3.8) is 0 Å². The van der Waals surface area contributed by atoms with Crippen molar-refractivity contribution in [3.05, 3.63) is 279 Å². The molecule has 2 aliphatic carbocycles. The van der Waals surface area contributed by atoms with Crippen LogP contribution in [0.4, 0.5) is 13.2 Å². The van der Waals surface area contributed by atoms with Gasteiger partial charge in [0.15, 0.2) is 0 Å². The van der Waals surface area contributed by atoms with Gasteiger partial charge in [0.05, 0.1) is 83.7 Å². The van der Waals surface area contributed by atoms with E-state index >= 15 is 0 Å². The first-order chi connectivity index (χ1) is 54.4. The molecule has 21 nitrogen and oxygen atoms in total. The molecule has 554 valence electrons. The highest BCUT2D eigenvalue weighted by molar-refractivity contribution is 5.99. The average molecular weight is 1480 g/mol. The third-order valence-electron chi connectivity index (χ3n) is 20.9. The highest BCUT2D eigenvalue weighted by Gasteiger charge is 2.30. The number of aryl methyl sites for hydroxylation is 3. The number of pyridine rings is 4. The summed E-state index contributed by atoms with van der Waals surface area (Å²) >= 11 is 0. The first-order valence-corrected chi connectivity index (χ1v) is 37.3. The van der Waals surface area contributed by atoms with E-state index in [1.54, 1.807) is 55.4 Å². The van der Waals surface area contributed by atoms with Gasteiger partial charge in [-0.15, -0.1) is 0 Å². The molecule has 0 radical (unpaired) electrons. The molecule has 0 saturated heterocycles. The Morgan fingerprint density at radius 1 is 0.414 bits per heavy atom. The Hall–Kier alpha value is -13.4. The number of halogens is 3. The second-order valence-corrected chi connectivity index (χ2v) is 28.2. The lowest BCUT2D eigenvalue weighted by Crippen LogP contribution is -2.22. The fourth-order valence-electron chi connectivity index (χ4n) is 15.7. The lowest BCUT2D eigenvalue weighted by molar-refractivity contribution is 0.104. The van der Waals surface area contributed by atoms with Gasteiger partial charge in [-0.25, -0.2) is 58.0 Å². The van der Waals surface area contributed by atoms with Gasteiger partial charge < -0.3 is 52.8 Å². The number of H-pyrrole nitrogens is 5. The molecule has 0 bridgehead atoms. The Bertz CT molecular complexity index is 6210. The maximum atomic E-state index is 13.5. The molecule has 0 aliphatic heterocycles. The second kappa shape index (κ2) is 31.1. The maximum absolute atomic E-state index is 13.5. The van der Waals surface area contributed by atoms with Gasteiger partial charge in [-0.3, -0.25) is 0 Å². The molecular formula is C87H78F3N19O2. The summed E-state index contributed by atoms with van der Waals surface area (Å²) in [4.78, 5) is 56.9. The molecule has 24 heteroatoms. The van der Waals surface area contributed by atoms with Crippen LogP contribution < -0.4 is 0 Å². The number of aliphatic hydroxyl groups excluding tert-OH is 1. The fraction of sp³-hybridized carbons (Fsp3) is 0.195. The van der Waals surface area contributed by atoms with Gasteiger partial charge in [0.2, 0.25) is 0 Å². The summed E-state index contributed by atoms with van der Waals surface area (Å²) in [6.45, 7) is 7.20. The standard InChI is InChI=1S/C23H23FN4.C22H21FN4O.C22H19N5O.C20H15FN6/c1-15-27-21(16-7-9-17(24)10-8-16)22(28(15)18-5-3-2-4-6-18)19-11-13-25-23-20(19)12-14-26-23;23-15-6-4-14(5-7-15)20-21(18-8-10-24-22-19(18)9-11-25-22)27(13-26-20)16-2-1-3-17(28)12-16;1-14-3-5-16(6-4-14)20-21(18-7-9-23-22-19(18)8-10-24-22)27(13-25-20)12-17-11-15(2)28-26-17;21-14-3-1-13(2-4-14)18-19(15-5-7-24-20-16(15)6-8-25-20)27(12-26-18)11-17-22-9-10-23-17/h7-14,18H,2-6H2,1H3,(H,25,26);4-11,13,16-17,28H,1-3,12H2,(H,24,25);3-11,13H,12H2,1-2H3,(H,23,24);1-10,12H,11H2,(H,22,23)(H,24,25)/t;16-,17-;;/m.1../s1. The highest BCUT2D eigenvalue weighted by Crippen LogP contribution is 2.44. The lowest BCUT2D eigenvalue weighted by Gasteiger charge is -2.28. The van der Waals surface area contributed by atoms with E-state index in [9.17, 15) is 18.3 Å². The molecule has 6 N–H and O–H groups in total. The van der Waals surface area contributed by atoms with E-state index < -0.39 is 0 Å². The maximum Gasteiger partial charge on any atom is 0.137 e. The van der Waals surface area contributed by atoms with Crippen LogP contribution in [0.5, 0.6) is 0 Å². The third-order valence-corrected chi connectivity index (χ3v) is 20.9. The van der Waals surface area contributed by atoms with Crippen molar-refractivity contribution in [2.45, 2.75) is 110 Å². The number of aromatic nitrogens is 19. The molecule has 0 spiro atoms. The van der Waals surface area contributed by atoms with Crippen molar-refractivity contribution < 1.29 is 22.8 Å². The molecule has 2 aliphatic rings. The summed E-state index contributed by atoms with van der Waals surface area (Å²) in [5.41, 5.74) is 20.9. The van der Waals surface area contributed by atoms with Gasteiger partial charge in [-0.1, -0.05) is 54.2 Å². The van der Waals surface area contributed by atoms with Gasteiger partial charge >= 0.3 is 0 Å². The fourth-order valence-corrected chi connectivity index (χ4v) is 15.7. The molecule has 14 aromatic heterocycles. The number of nitrogens with one attached hydrogen (secondary N) is 5. The molecule has 0 unspecified atom stereocenters. The number of fused-ring (bicyclic) bond motifs is 4. The smallest absolute Gasteiger partial charge is 0.137 e. The Balaban J connectivity index is 0.000000108. The Labute approximate surface area is 635 Å². The topological polar surface area (TPSA) is 261 Å². The quantitative estimate of drug-likeness (QED) is 0.0594. The first kappa shape index (κ1) is 70.6. The van der Waals surface area contributed by atoms with Crippen LogP contribution in [0, 0.1) is 38.2 Å². The third kappa shape index (κ3) is 14.6. The van der Waals surface area contributed by atoms with E-state index in [4.69, 9.17) is 19.5 Å². The van der Waals surface area contributed by atoms with Gasteiger partial charge in [0.25, 0.3) is 0 Å². The van der Waals surface area contributed by atoms with Crippen LogP contribution in [0.2, 0.25) is 0 Å². The molecular weight excluding hydrogens is 1400 g/mol. The summed E-state index contributed by atoms with van der Waals surface area (Å²) in [6, 6.07) is 46.7. The zero-order valence-electron chi connectivity index (χ0n) is 61.2. The Morgan fingerprint density at radius 2 is 0.856 bits per heavy atom. The van der Waals surface area contributed by atoms with Gasteiger partial charge in [0.1, 0.15) is 63.1 Å². The zero-order chi connectivity index (χ0) is 75.5. The average Bonchev–Trinajstić information content (AvgIpc) is 1.61. The van der Waals surface area contributed by atoms with Crippen molar-refractivity contribution in [3.8, 4) is 90.1 Å². The van der Waals surface area contributed by atoms with Crippen LogP contribution >= 0.6 is 0 Å². The minimum absolute atomic E-state index is 0.183. The summed E-state index contributed by atoms with van der Waals surface area (Å²) in [6.07, 6.45) is 33.3. The lowest BCUT2D eigenvalue weighted by atomic mass is 9.92. The molecule has 2 fully saturated rings. The number of aromatic amines is 5. The van der Waals surface area contributed by atoms with Crippen LogP contribution in [-0.2, 0) is 13.1 Å². The molecule has 4 aromatic carbocycles. The number of benzene rings is 4. The van der Waals surface area contributed by atoms with Gasteiger partial charge in [-0.2, -0.15) is 0 Å². The monoisotopic (exact) mass is 1480 g/mol. The number of hydrogen-bond acceptors (Lipinski definition) is 12. The van der Waals surface area contributed by atoms with Crippen LogP contribution in [-0.4, -0.2) is 104 Å². The molecule has 2 saturated carbocycles. The number of aliphatic hydroxyl groups is 1. The summed E-state index contributed by atoms with van der Waals surface area (Å²) in [5, 5.41) is 18.5. The Kier molecular flexibility index (Phi) is 19.8. The largest absolute Gasteiger partial charge is 0.393 e. The van der Waals surface area contributed by atoms with Crippen LogP contribution in [0.1, 0.15) is 98.5 Å². The minimum Gasteiger partial charge on any atom is -0.393 e. The predicted octanol–water partition coefficient (Wildman–Crippen LogP) is 19.5. The van der Waals surface area contributed by atoms with Crippen LogP contribution in [0.3, 0.4) is 0 Å². The summed E-state index contributed by atoms with van der Waals surface area (Å²) in [7, 11) is 0. The SMILES string of the molecule is Cc1ccc(-c2ncn(Cc3cc(C)on3)c2-c2ccnc3[nH]ccc23)cc1.Cc1nc(-c2ccc(F)cc2)c(-c2ccnc3[nH]ccc23)n1C1CCCCC1.Fc1ccc(-c2ncn(Cc3ncc[nH]3)c2-c2ccnc3[nH]ccc23)cc1.O[C@@H]1CCC[C@@H](n2cnc(-c3ccc(F)cc3)c2-c2ccnc3[nH]ccc23)C1. The van der Waals surface area contributed by atoms with E-state index in [2.05, 4.69) is 124 Å². The molecule has 2 atom stereocenters. The van der Waals surface area contributed by atoms with Crippen molar-refractivity contribution >= 4 is 44.1 Å². The first-order valence-electron chi connectivity index (χ1n) is 37.3. The molecule has 20 rings (SSSR count). The van der Waals surface area contributed by atoms with Gasteiger partial charge in [-0.05, 0) is 181 Å². The van der Waals surface area contributed by atoms with Crippen molar-refractivity contribution in [2.24, 2.45) is 0 Å². The predicted molar refractivity (Wildman–Crippen MR) is 424 cm³/mol. The number of hydrogen-bond donors (Lipinski definition) is 6. The zero-order valence-corrected chi connectivity index (χ0v) is 61.2. The second-order valence-electron chi connectivity index (χ2n) is 28.2. The number of rotatable bonds is 14. The molecule has 0 amide bonds. The molecule has 18 aromatic rings. The van der Waals surface area contributed by atoms with E-state index in [-0.39, 0.29) is 29.6 Å². The van der Waals surface area contributed by atoms with E-state index in [0.29, 0.717) is 25.6 Å². The normalized spacial score (nSPS) is 14.5. The highest BCUT2D eigenvalue weighted by atomic mass is 19.1. The minimum atomic E-state index is -0.284. The van der Waals surface area contributed by atoms with E-state index in [1.165, 1.54) is 74.1 Å².